The third-order valence-electron chi connectivity index (χ3n) is 3.46. The van der Waals surface area contributed by atoms with Crippen molar-refractivity contribution in [1.82, 2.24) is 4.98 Å². The molecule has 0 aliphatic heterocycles. The van der Waals surface area contributed by atoms with E-state index in [9.17, 15) is 0 Å². The maximum Gasteiger partial charge on any atom is 0.131 e. The molecule has 1 heterocycles. The lowest BCUT2D eigenvalue weighted by molar-refractivity contribution is 0.783. The second-order valence-corrected chi connectivity index (χ2v) is 5.53. The van der Waals surface area contributed by atoms with Gasteiger partial charge in [0.25, 0.3) is 0 Å². The van der Waals surface area contributed by atoms with Crippen LogP contribution in [0.1, 0.15) is 11.1 Å². The first-order valence-corrected chi connectivity index (χ1v) is 7.64. The molecule has 2 nitrogen and oxygen atoms in total. The Morgan fingerprint density at radius 3 is 1.73 bits per heavy atom. The molecular weight excluding hydrogens is 292 g/mol. The summed E-state index contributed by atoms with van der Waals surface area (Å²) in [6, 6.07) is 26.5. The lowest BCUT2D eigenvalue weighted by Gasteiger charge is -2.24. The van der Waals surface area contributed by atoms with Crippen LogP contribution in [-0.2, 0) is 13.1 Å². The van der Waals surface area contributed by atoms with Crippen LogP contribution < -0.4 is 4.90 Å². The van der Waals surface area contributed by atoms with Crippen molar-refractivity contribution in [2.45, 2.75) is 13.1 Å². The number of hydrogen-bond donors (Lipinski definition) is 0. The van der Waals surface area contributed by atoms with E-state index >= 15 is 0 Å². The van der Waals surface area contributed by atoms with Crippen LogP contribution in [0.5, 0.6) is 0 Å². The van der Waals surface area contributed by atoms with Crippen molar-refractivity contribution in [3.63, 3.8) is 0 Å². The fourth-order valence-electron chi connectivity index (χ4n) is 2.40. The molecule has 0 bridgehead atoms. The van der Waals surface area contributed by atoms with E-state index in [1.807, 2.05) is 24.3 Å². The lowest BCUT2D eigenvalue weighted by Crippen LogP contribution is -2.23. The van der Waals surface area contributed by atoms with Crippen LogP contribution in [0, 0.1) is 0 Å². The number of anilines is 1. The van der Waals surface area contributed by atoms with Crippen molar-refractivity contribution in [3.8, 4) is 0 Å². The van der Waals surface area contributed by atoms with E-state index in [-0.39, 0.29) is 0 Å². The van der Waals surface area contributed by atoms with Gasteiger partial charge in [-0.1, -0.05) is 78.3 Å². The zero-order valence-electron chi connectivity index (χ0n) is 12.2. The Morgan fingerprint density at radius 2 is 1.23 bits per heavy atom. The van der Waals surface area contributed by atoms with Gasteiger partial charge in [-0.3, -0.25) is 0 Å². The first-order valence-electron chi connectivity index (χ1n) is 7.26. The molecule has 0 spiro atoms. The summed E-state index contributed by atoms with van der Waals surface area (Å²) in [6.45, 7) is 1.59. The maximum atomic E-state index is 6.06. The Kier molecular flexibility index (Phi) is 4.71. The van der Waals surface area contributed by atoms with Crippen LogP contribution in [0.3, 0.4) is 0 Å². The fourth-order valence-corrected chi connectivity index (χ4v) is 2.56. The van der Waals surface area contributed by atoms with Gasteiger partial charge in [-0.15, -0.1) is 0 Å². The van der Waals surface area contributed by atoms with Crippen LogP contribution in [0.15, 0.2) is 78.9 Å². The molecule has 0 unspecified atom stereocenters. The van der Waals surface area contributed by atoms with Crippen molar-refractivity contribution in [2.75, 3.05) is 4.90 Å². The zero-order chi connectivity index (χ0) is 15.2. The number of halogens is 1. The van der Waals surface area contributed by atoms with E-state index in [1.165, 1.54) is 11.1 Å². The number of rotatable bonds is 5. The van der Waals surface area contributed by atoms with Crippen molar-refractivity contribution in [2.24, 2.45) is 0 Å². The minimum absolute atomic E-state index is 0.517. The number of aromatic nitrogens is 1. The monoisotopic (exact) mass is 308 g/mol. The fraction of sp³-hybridized carbons (Fsp3) is 0.105. The van der Waals surface area contributed by atoms with Gasteiger partial charge in [0.15, 0.2) is 0 Å². The molecule has 0 fully saturated rings. The highest BCUT2D eigenvalue weighted by Crippen LogP contribution is 2.20. The summed E-state index contributed by atoms with van der Waals surface area (Å²) in [6.07, 6.45) is 0. The van der Waals surface area contributed by atoms with Crippen LogP contribution in [0.25, 0.3) is 0 Å². The summed E-state index contributed by atoms with van der Waals surface area (Å²) in [5.41, 5.74) is 2.50. The maximum absolute atomic E-state index is 6.06. The molecule has 0 atom stereocenters. The second kappa shape index (κ2) is 7.10. The summed E-state index contributed by atoms with van der Waals surface area (Å²) >= 11 is 6.06. The average Bonchev–Trinajstić information content (AvgIpc) is 2.56. The first-order chi connectivity index (χ1) is 10.8. The van der Waals surface area contributed by atoms with Crippen LogP contribution in [0.2, 0.25) is 5.15 Å². The Balaban J connectivity index is 1.88. The molecule has 3 heteroatoms. The second-order valence-electron chi connectivity index (χ2n) is 5.15. The topological polar surface area (TPSA) is 16.1 Å². The van der Waals surface area contributed by atoms with Gasteiger partial charge >= 0.3 is 0 Å². The molecule has 0 amide bonds. The molecule has 22 heavy (non-hydrogen) atoms. The van der Waals surface area contributed by atoms with Gasteiger partial charge in [0.1, 0.15) is 11.0 Å². The van der Waals surface area contributed by atoms with E-state index in [4.69, 9.17) is 11.6 Å². The molecule has 110 valence electrons. The summed E-state index contributed by atoms with van der Waals surface area (Å²) < 4.78 is 0. The van der Waals surface area contributed by atoms with Crippen molar-refractivity contribution in [3.05, 3.63) is 95.1 Å². The molecule has 0 radical (unpaired) electrons. The first kappa shape index (κ1) is 14.6. The Morgan fingerprint density at radius 1 is 0.682 bits per heavy atom. The minimum Gasteiger partial charge on any atom is -0.348 e. The molecule has 0 aliphatic carbocycles. The predicted octanol–water partition coefficient (Wildman–Crippen LogP) is 4.94. The Hall–Kier alpha value is -2.32. The highest BCUT2D eigenvalue weighted by Gasteiger charge is 2.10. The van der Waals surface area contributed by atoms with Gasteiger partial charge in [-0.25, -0.2) is 4.98 Å². The molecule has 1 aromatic heterocycles. The third kappa shape index (κ3) is 3.86. The van der Waals surface area contributed by atoms with Crippen LogP contribution >= 0.6 is 11.6 Å². The van der Waals surface area contributed by atoms with Crippen molar-refractivity contribution in [1.29, 1.82) is 0 Å². The molecule has 0 saturated carbocycles. The molecule has 0 N–H and O–H groups in total. The van der Waals surface area contributed by atoms with E-state index in [1.54, 1.807) is 6.07 Å². The quantitative estimate of drug-likeness (QED) is 0.620. The van der Waals surface area contributed by atoms with Gasteiger partial charge in [-0.2, -0.15) is 0 Å². The van der Waals surface area contributed by atoms with Gasteiger partial charge in [0.2, 0.25) is 0 Å². The molecule has 0 saturated heterocycles. The SMILES string of the molecule is Clc1cccc(N(Cc2ccccc2)Cc2ccccc2)n1. The normalized spacial score (nSPS) is 10.4. The molecule has 3 rings (SSSR count). The van der Waals surface area contributed by atoms with Gasteiger partial charge in [-0.05, 0) is 23.3 Å². The minimum atomic E-state index is 0.517. The van der Waals surface area contributed by atoms with Crippen LogP contribution in [0.4, 0.5) is 5.82 Å². The predicted molar refractivity (Wildman–Crippen MR) is 92.0 cm³/mol. The summed E-state index contributed by atoms with van der Waals surface area (Å²) in [5.74, 6) is 0.889. The van der Waals surface area contributed by atoms with Gasteiger partial charge in [0.05, 0.1) is 0 Å². The third-order valence-corrected chi connectivity index (χ3v) is 3.67. The summed E-state index contributed by atoms with van der Waals surface area (Å²) in [4.78, 5) is 6.69. The molecule has 0 aliphatic rings. The highest BCUT2D eigenvalue weighted by atomic mass is 35.5. The van der Waals surface area contributed by atoms with E-state index < -0.39 is 0 Å². The summed E-state index contributed by atoms with van der Waals surface area (Å²) in [7, 11) is 0. The smallest absolute Gasteiger partial charge is 0.131 e. The largest absolute Gasteiger partial charge is 0.348 e. The Bertz CT molecular complexity index is 672. The molecule has 3 aromatic rings. The van der Waals surface area contributed by atoms with Crippen molar-refractivity contribution >= 4 is 17.4 Å². The van der Waals surface area contributed by atoms with E-state index in [2.05, 4.69) is 58.4 Å². The Labute approximate surface area is 136 Å². The molecular formula is C19H17ClN2. The number of benzene rings is 2. The van der Waals surface area contributed by atoms with E-state index in [0.29, 0.717) is 5.15 Å². The number of pyridine rings is 1. The lowest BCUT2D eigenvalue weighted by atomic mass is 10.1. The average molecular weight is 309 g/mol. The standard InChI is InChI=1S/C19H17ClN2/c20-18-12-7-13-19(21-18)22(14-16-8-3-1-4-9-16)15-17-10-5-2-6-11-17/h1-13H,14-15H2. The number of nitrogens with zero attached hydrogens (tertiary/aromatic N) is 2. The van der Waals surface area contributed by atoms with Crippen molar-refractivity contribution < 1.29 is 0 Å². The van der Waals surface area contributed by atoms with Crippen LogP contribution in [-0.4, -0.2) is 4.98 Å². The van der Waals surface area contributed by atoms with Gasteiger partial charge < -0.3 is 4.90 Å². The molecule has 2 aromatic carbocycles. The van der Waals surface area contributed by atoms with E-state index in [0.717, 1.165) is 18.9 Å². The zero-order valence-corrected chi connectivity index (χ0v) is 12.9. The number of hydrogen-bond acceptors (Lipinski definition) is 2. The summed E-state index contributed by atoms with van der Waals surface area (Å²) in [5, 5.41) is 0.517. The van der Waals surface area contributed by atoms with Gasteiger partial charge in [0, 0.05) is 13.1 Å². The highest BCUT2D eigenvalue weighted by molar-refractivity contribution is 6.29.